The van der Waals surface area contributed by atoms with Gasteiger partial charge in [0.25, 0.3) is 0 Å². The fourth-order valence-corrected chi connectivity index (χ4v) is 3.60. The first-order chi connectivity index (χ1) is 10.6. The standard InChI is InChI=1S/C16H19N3O2S/c1-10(21-2)16-18-12(9-22-16)8-19-13-6-4-3-5-11(13)7-14(19)15(17)20/h3-6,9-10,14H,7-8H2,1-2H3,(H2,17,20). The number of carbonyl (C=O) groups is 1. The molecule has 1 amide bonds. The zero-order chi connectivity index (χ0) is 15.7. The zero-order valence-corrected chi connectivity index (χ0v) is 13.5. The van der Waals surface area contributed by atoms with Crippen molar-refractivity contribution in [1.82, 2.24) is 4.98 Å². The molecule has 2 N–H and O–H groups in total. The third-order valence-electron chi connectivity index (χ3n) is 4.02. The molecule has 116 valence electrons. The number of fused-ring (bicyclic) bond motifs is 1. The molecule has 1 aromatic carbocycles. The number of amides is 1. The minimum Gasteiger partial charge on any atom is -0.375 e. The molecule has 0 spiro atoms. The van der Waals surface area contributed by atoms with Gasteiger partial charge in [-0.3, -0.25) is 4.79 Å². The van der Waals surface area contributed by atoms with Crippen molar-refractivity contribution in [3.8, 4) is 0 Å². The molecule has 3 rings (SSSR count). The van der Waals surface area contributed by atoms with E-state index in [-0.39, 0.29) is 18.1 Å². The number of thiazole rings is 1. The molecule has 0 saturated carbocycles. The summed E-state index contributed by atoms with van der Waals surface area (Å²) in [6.45, 7) is 2.55. The fraction of sp³-hybridized carbons (Fsp3) is 0.375. The number of nitrogens with two attached hydrogens (primary N) is 1. The predicted octanol–water partition coefficient (Wildman–Crippen LogP) is 2.27. The first-order valence-electron chi connectivity index (χ1n) is 7.21. The Balaban J connectivity index is 1.86. The quantitative estimate of drug-likeness (QED) is 0.918. The van der Waals surface area contributed by atoms with Crippen LogP contribution < -0.4 is 10.6 Å². The highest BCUT2D eigenvalue weighted by molar-refractivity contribution is 7.09. The van der Waals surface area contributed by atoms with E-state index >= 15 is 0 Å². The van der Waals surface area contributed by atoms with Crippen molar-refractivity contribution in [3.63, 3.8) is 0 Å². The molecule has 0 radical (unpaired) electrons. The summed E-state index contributed by atoms with van der Waals surface area (Å²) < 4.78 is 5.30. The lowest BCUT2D eigenvalue weighted by molar-refractivity contribution is -0.119. The van der Waals surface area contributed by atoms with Gasteiger partial charge in [0.1, 0.15) is 17.2 Å². The van der Waals surface area contributed by atoms with Gasteiger partial charge in [-0.25, -0.2) is 4.98 Å². The summed E-state index contributed by atoms with van der Waals surface area (Å²) in [4.78, 5) is 18.4. The number of rotatable bonds is 5. The normalized spacial score (nSPS) is 18.3. The third kappa shape index (κ3) is 2.71. The van der Waals surface area contributed by atoms with E-state index in [1.807, 2.05) is 41.5 Å². The van der Waals surface area contributed by atoms with Crippen LogP contribution in [0.25, 0.3) is 0 Å². The highest BCUT2D eigenvalue weighted by atomic mass is 32.1. The Kier molecular flexibility index (Phi) is 4.13. The number of hydrogen-bond acceptors (Lipinski definition) is 5. The van der Waals surface area contributed by atoms with Gasteiger partial charge >= 0.3 is 0 Å². The number of carbonyl (C=O) groups excluding carboxylic acids is 1. The summed E-state index contributed by atoms with van der Waals surface area (Å²) >= 11 is 1.58. The van der Waals surface area contributed by atoms with Crippen molar-refractivity contribution >= 4 is 22.9 Å². The molecule has 1 aliphatic rings. The maximum atomic E-state index is 11.8. The van der Waals surface area contributed by atoms with Crippen molar-refractivity contribution in [2.75, 3.05) is 12.0 Å². The van der Waals surface area contributed by atoms with Gasteiger partial charge in [-0.05, 0) is 18.6 Å². The number of ether oxygens (including phenoxy) is 1. The van der Waals surface area contributed by atoms with Crippen molar-refractivity contribution < 1.29 is 9.53 Å². The number of methoxy groups -OCH3 is 1. The molecule has 6 heteroatoms. The van der Waals surface area contributed by atoms with E-state index < -0.39 is 0 Å². The highest BCUT2D eigenvalue weighted by Gasteiger charge is 2.33. The molecule has 1 aromatic heterocycles. The van der Waals surface area contributed by atoms with Crippen molar-refractivity contribution in [1.29, 1.82) is 0 Å². The molecule has 0 saturated heterocycles. The molecule has 0 aliphatic carbocycles. The molecule has 1 aliphatic heterocycles. The van der Waals surface area contributed by atoms with Crippen LogP contribution in [0.1, 0.15) is 29.3 Å². The summed E-state index contributed by atoms with van der Waals surface area (Å²) in [6, 6.07) is 7.74. The van der Waals surface area contributed by atoms with Gasteiger partial charge in [-0.15, -0.1) is 11.3 Å². The molecule has 2 atom stereocenters. The monoisotopic (exact) mass is 317 g/mol. The van der Waals surface area contributed by atoms with E-state index in [0.29, 0.717) is 13.0 Å². The van der Waals surface area contributed by atoms with Gasteiger partial charge in [0.15, 0.2) is 0 Å². The molecule has 0 fully saturated rings. The third-order valence-corrected chi connectivity index (χ3v) is 5.08. The van der Waals surface area contributed by atoms with Gasteiger partial charge < -0.3 is 15.4 Å². The summed E-state index contributed by atoms with van der Waals surface area (Å²) in [5.41, 5.74) is 8.74. The van der Waals surface area contributed by atoms with E-state index in [4.69, 9.17) is 10.5 Å². The Morgan fingerprint density at radius 1 is 1.55 bits per heavy atom. The number of anilines is 1. The van der Waals surface area contributed by atoms with Crippen molar-refractivity contribution in [3.05, 3.63) is 45.9 Å². The van der Waals surface area contributed by atoms with Gasteiger partial charge in [0.2, 0.25) is 5.91 Å². The molecule has 2 aromatic rings. The van der Waals surface area contributed by atoms with Gasteiger partial charge in [0.05, 0.1) is 12.2 Å². The molecule has 22 heavy (non-hydrogen) atoms. The summed E-state index contributed by atoms with van der Waals surface area (Å²) in [6.07, 6.45) is 0.647. The molecular formula is C16H19N3O2S. The van der Waals surface area contributed by atoms with Crippen LogP contribution in [-0.4, -0.2) is 24.0 Å². The van der Waals surface area contributed by atoms with Gasteiger partial charge in [-0.2, -0.15) is 0 Å². The first-order valence-corrected chi connectivity index (χ1v) is 8.09. The lowest BCUT2D eigenvalue weighted by Gasteiger charge is -2.24. The number of para-hydroxylation sites is 1. The lowest BCUT2D eigenvalue weighted by atomic mass is 10.1. The van der Waals surface area contributed by atoms with E-state index in [1.54, 1.807) is 18.4 Å². The Bertz CT molecular complexity index is 686. The number of nitrogens with zero attached hydrogens (tertiary/aromatic N) is 2. The second kappa shape index (κ2) is 6.06. The van der Waals surface area contributed by atoms with Gasteiger partial charge in [0, 0.05) is 24.6 Å². The van der Waals surface area contributed by atoms with Crippen LogP contribution in [0.4, 0.5) is 5.69 Å². The van der Waals surface area contributed by atoms with Crippen LogP contribution in [0.5, 0.6) is 0 Å². The van der Waals surface area contributed by atoms with Crippen LogP contribution in [0.15, 0.2) is 29.6 Å². The second-order valence-electron chi connectivity index (χ2n) is 5.43. The van der Waals surface area contributed by atoms with Crippen molar-refractivity contribution in [2.24, 2.45) is 5.73 Å². The Morgan fingerprint density at radius 2 is 2.32 bits per heavy atom. The predicted molar refractivity (Wildman–Crippen MR) is 86.8 cm³/mol. The number of hydrogen-bond donors (Lipinski definition) is 1. The molecule has 2 unspecified atom stereocenters. The lowest BCUT2D eigenvalue weighted by Crippen LogP contribution is -2.42. The van der Waals surface area contributed by atoms with Crippen LogP contribution in [0, 0.1) is 0 Å². The largest absolute Gasteiger partial charge is 0.375 e. The minimum atomic E-state index is -0.303. The van der Waals surface area contributed by atoms with Crippen molar-refractivity contribution in [2.45, 2.75) is 32.0 Å². The molecule has 5 nitrogen and oxygen atoms in total. The van der Waals surface area contributed by atoms with Crippen LogP contribution in [0.2, 0.25) is 0 Å². The topological polar surface area (TPSA) is 68.4 Å². The summed E-state index contributed by atoms with van der Waals surface area (Å²) in [5.74, 6) is -0.295. The zero-order valence-electron chi connectivity index (χ0n) is 12.7. The Morgan fingerprint density at radius 3 is 3.05 bits per heavy atom. The number of primary amides is 1. The Hall–Kier alpha value is -1.92. The fourth-order valence-electron chi connectivity index (χ4n) is 2.76. The smallest absolute Gasteiger partial charge is 0.240 e. The first kappa shape index (κ1) is 15.0. The van der Waals surface area contributed by atoms with E-state index in [2.05, 4.69) is 4.98 Å². The van der Waals surface area contributed by atoms with Crippen LogP contribution in [-0.2, 0) is 22.5 Å². The molecular weight excluding hydrogens is 298 g/mol. The summed E-state index contributed by atoms with van der Waals surface area (Å²) in [5, 5.41) is 2.96. The highest BCUT2D eigenvalue weighted by Crippen LogP contribution is 2.33. The minimum absolute atomic E-state index is 0.0171. The second-order valence-corrected chi connectivity index (χ2v) is 6.32. The molecule has 0 bridgehead atoms. The maximum absolute atomic E-state index is 11.8. The van der Waals surface area contributed by atoms with E-state index in [9.17, 15) is 4.79 Å². The Labute approximate surface area is 133 Å². The average molecular weight is 317 g/mol. The molecule has 2 heterocycles. The maximum Gasteiger partial charge on any atom is 0.240 e. The van der Waals surface area contributed by atoms with Crippen LogP contribution in [0.3, 0.4) is 0 Å². The van der Waals surface area contributed by atoms with Crippen LogP contribution >= 0.6 is 11.3 Å². The van der Waals surface area contributed by atoms with Gasteiger partial charge in [-0.1, -0.05) is 18.2 Å². The summed E-state index contributed by atoms with van der Waals surface area (Å²) in [7, 11) is 1.67. The van der Waals surface area contributed by atoms with E-state index in [0.717, 1.165) is 22.0 Å². The van der Waals surface area contributed by atoms with E-state index in [1.165, 1.54) is 0 Å². The SMILES string of the molecule is COC(C)c1nc(CN2c3ccccc3CC2C(N)=O)cs1. The number of benzene rings is 1. The number of aromatic nitrogens is 1. The average Bonchev–Trinajstić information content (AvgIpc) is 3.12.